The van der Waals surface area contributed by atoms with Crippen LogP contribution in [0.5, 0.6) is 0 Å². The van der Waals surface area contributed by atoms with Gasteiger partial charge in [0.15, 0.2) is 5.11 Å². The van der Waals surface area contributed by atoms with Crippen LogP contribution in [0.3, 0.4) is 0 Å². The van der Waals surface area contributed by atoms with Crippen LogP contribution in [0.25, 0.3) is 11.1 Å². The van der Waals surface area contributed by atoms with Gasteiger partial charge in [-0.3, -0.25) is 10.1 Å². The van der Waals surface area contributed by atoms with Gasteiger partial charge < -0.3 is 5.32 Å². The number of nitrogens with one attached hydrogen (secondary N) is 2. The van der Waals surface area contributed by atoms with E-state index in [1.807, 2.05) is 42.5 Å². The molecule has 0 aliphatic heterocycles. The van der Waals surface area contributed by atoms with E-state index in [1.165, 1.54) is 0 Å². The summed E-state index contributed by atoms with van der Waals surface area (Å²) in [4.78, 5) is 12.0. The molecule has 0 radical (unpaired) electrons. The summed E-state index contributed by atoms with van der Waals surface area (Å²) in [5.41, 5.74) is 2.75. The van der Waals surface area contributed by atoms with Crippen LogP contribution in [0.1, 0.15) is 10.4 Å². The molecule has 0 aliphatic rings. The van der Waals surface area contributed by atoms with Crippen LogP contribution in [-0.2, 0) is 0 Å². The molecule has 0 aliphatic carbocycles. The second-order valence-corrected chi connectivity index (χ2v) is 4.80. The van der Waals surface area contributed by atoms with Gasteiger partial charge in [0, 0.05) is 12.1 Å². The lowest BCUT2D eigenvalue weighted by atomic mass is 10.0. The Kier molecular flexibility index (Phi) is 5.23. The number of rotatable bonds is 4. The van der Waals surface area contributed by atoms with Crippen molar-refractivity contribution < 1.29 is 4.79 Å². The summed E-state index contributed by atoms with van der Waals surface area (Å²) in [5, 5.41) is 5.77. The summed E-state index contributed by atoms with van der Waals surface area (Å²) in [6, 6.07) is 17.4. The second kappa shape index (κ2) is 7.36. The van der Waals surface area contributed by atoms with Crippen molar-refractivity contribution in [2.45, 2.75) is 0 Å². The van der Waals surface area contributed by atoms with Gasteiger partial charge in [-0.15, -0.1) is 6.58 Å². The molecule has 0 heterocycles. The fourth-order valence-corrected chi connectivity index (χ4v) is 2.01. The molecule has 3 nitrogen and oxygen atoms in total. The van der Waals surface area contributed by atoms with Crippen LogP contribution in [0.15, 0.2) is 67.3 Å². The first-order valence-electron chi connectivity index (χ1n) is 6.56. The smallest absolute Gasteiger partial charge is 0.257 e. The topological polar surface area (TPSA) is 41.1 Å². The first kappa shape index (κ1) is 14.9. The Morgan fingerprint density at radius 2 is 1.67 bits per heavy atom. The van der Waals surface area contributed by atoms with E-state index in [-0.39, 0.29) is 5.91 Å². The molecule has 2 aromatic carbocycles. The molecule has 2 aromatic rings. The molecule has 0 fully saturated rings. The summed E-state index contributed by atoms with van der Waals surface area (Å²) >= 11 is 5.01. The quantitative estimate of drug-likeness (QED) is 0.673. The molecule has 0 atom stereocenters. The van der Waals surface area contributed by atoms with Gasteiger partial charge in [0.25, 0.3) is 5.91 Å². The third kappa shape index (κ3) is 4.26. The van der Waals surface area contributed by atoms with Gasteiger partial charge in [-0.1, -0.05) is 48.5 Å². The van der Waals surface area contributed by atoms with E-state index in [9.17, 15) is 4.79 Å². The lowest BCUT2D eigenvalue weighted by molar-refractivity contribution is 0.0977. The third-order valence-corrected chi connectivity index (χ3v) is 3.13. The van der Waals surface area contributed by atoms with Crippen LogP contribution < -0.4 is 10.6 Å². The molecule has 21 heavy (non-hydrogen) atoms. The molecule has 0 aromatic heterocycles. The van der Waals surface area contributed by atoms with Crippen molar-refractivity contribution >= 4 is 23.2 Å². The van der Waals surface area contributed by atoms with Crippen molar-refractivity contribution in [1.29, 1.82) is 0 Å². The molecular weight excluding hydrogens is 280 g/mol. The number of hydrogen-bond donors (Lipinski definition) is 2. The van der Waals surface area contributed by atoms with E-state index < -0.39 is 0 Å². The molecule has 1 amide bonds. The number of hydrogen-bond acceptors (Lipinski definition) is 2. The molecule has 4 heteroatoms. The maximum atomic E-state index is 12.0. The van der Waals surface area contributed by atoms with E-state index >= 15 is 0 Å². The van der Waals surface area contributed by atoms with Gasteiger partial charge in [0.2, 0.25) is 0 Å². The third-order valence-electron chi connectivity index (χ3n) is 2.89. The van der Waals surface area contributed by atoms with Gasteiger partial charge in [-0.25, -0.2) is 0 Å². The zero-order valence-corrected chi connectivity index (χ0v) is 12.3. The maximum absolute atomic E-state index is 12.0. The molecule has 2 N–H and O–H groups in total. The first-order valence-corrected chi connectivity index (χ1v) is 6.97. The fraction of sp³-hybridized carbons (Fsp3) is 0.0588. The summed E-state index contributed by atoms with van der Waals surface area (Å²) in [7, 11) is 0. The largest absolute Gasteiger partial charge is 0.359 e. The highest BCUT2D eigenvalue weighted by Crippen LogP contribution is 2.19. The Morgan fingerprint density at radius 3 is 2.29 bits per heavy atom. The molecule has 2 rings (SSSR count). The Bertz CT molecular complexity index is 636. The fourth-order valence-electron chi connectivity index (χ4n) is 1.83. The van der Waals surface area contributed by atoms with Crippen molar-refractivity contribution in [3.63, 3.8) is 0 Å². The minimum Gasteiger partial charge on any atom is -0.359 e. The monoisotopic (exact) mass is 296 g/mol. The number of carbonyl (C=O) groups is 1. The Hall–Kier alpha value is -2.46. The van der Waals surface area contributed by atoms with Gasteiger partial charge in [0.05, 0.1) is 0 Å². The summed E-state index contributed by atoms with van der Waals surface area (Å²) < 4.78 is 0. The number of carbonyl (C=O) groups excluding carboxylic acids is 1. The van der Waals surface area contributed by atoms with Crippen molar-refractivity contribution in [2.24, 2.45) is 0 Å². The Labute approximate surface area is 129 Å². The van der Waals surface area contributed by atoms with E-state index in [1.54, 1.807) is 18.2 Å². The van der Waals surface area contributed by atoms with E-state index in [0.29, 0.717) is 17.2 Å². The van der Waals surface area contributed by atoms with Crippen molar-refractivity contribution in [1.82, 2.24) is 10.6 Å². The molecule has 0 unspecified atom stereocenters. The number of benzene rings is 2. The highest BCUT2D eigenvalue weighted by Gasteiger charge is 2.07. The summed E-state index contributed by atoms with van der Waals surface area (Å²) in [6.45, 7) is 4.09. The first-order chi connectivity index (χ1) is 10.2. The minimum atomic E-state index is -0.226. The van der Waals surface area contributed by atoms with E-state index in [0.717, 1.165) is 11.1 Å². The second-order valence-electron chi connectivity index (χ2n) is 4.40. The average Bonchev–Trinajstić information content (AvgIpc) is 2.54. The standard InChI is InChI=1S/C17H16N2OS/c1-2-12-18-17(21)19-16(20)15-10-8-14(9-11-15)13-6-4-3-5-7-13/h2-11H,1,12H2,(H2,18,19,20,21). The van der Waals surface area contributed by atoms with Crippen LogP contribution in [0, 0.1) is 0 Å². The van der Waals surface area contributed by atoms with E-state index in [4.69, 9.17) is 12.2 Å². The van der Waals surface area contributed by atoms with Gasteiger partial charge >= 0.3 is 0 Å². The minimum absolute atomic E-state index is 0.226. The van der Waals surface area contributed by atoms with Crippen LogP contribution in [-0.4, -0.2) is 17.6 Å². The molecule has 106 valence electrons. The van der Waals surface area contributed by atoms with E-state index in [2.05, 4.69) is 17.2 Å². The van der Waals surface area contributed by atoms with Crippen molar-refractivity contribution in [3.8, 4) is 11.1 Å². The summed E-state index contributed by atoms with van der Waals surface area (Å²) in [5.74, 6) is -0.226. The number of amides is 1. The van der Waals surface area contributed by atoms with Crippen molar-refractivity contribution in [3.05, 3.63) is 72.8 Å². The highest BCUT2D eigenvalue weighted by atomic mass is 32.1. The zero-order valence-electron chi connectivity index (χ0n) is 11.5. The Balaban J connectivity index is 2.03. The molecule has 0 saturated heterocycles. The molecule has 0 saturated carbocycles. The lowest BCUT2D eigenvalue weighted by Gasteiger charge is -2.08. The van der Waals surface area contributed by atoms with Crippen LogP contribution >= 0.6 is 12.2 Å². The molecular formula is C17H16N2OS. The Morgan fingerprint density at radius 1 is 1.05 bits per heavy atom. The maximum Gasteiger partial charge on any atom is 0.257 e. The predicted octanol–water partition coefficient (Wildman–Crippen LogP) is 3.14. The lowest BCUT2D eigenvalue weighted by Crippen LogP contribution is -2.39. The van der Waals surface area contributed by atoms with Crippen LogP contribution in [0.2, 0.25) is 0 Å². The molecule has 0 bridgehead atoms. The predicted molar refractivity (Wildman–Crippen MR) is 90.1 cm³/mol. The number of thiocarbonyl (C=S) groups is 1. The average molecular weight is 296 g/mol. The summed E-state index contributed by atoms with van der Waals surface area (Å²) in [6.07, 6.45) is 1.67. The van der Waals surface area contributed by atoms with Gasteiger partial charge in [-0.2, -0.15) is 0 Å². The normalized spacial score (nSPS) is 9.71. The van der Waals surface area contributed by atoms with Gasteiger partial charge in [0.1, 0.15) is 0 Å². The SMILES string of the molecule is C=CCNC(=S)NC(=O)c1ccc(-c2ccccc2)cc1. The molecule has 0 spiro atoms. The zero-order chi connectivity index (χ0) is 15.1. The van der Waals surface area contributed by atoms with Crippen LogP contribution in [0.4, 0.5) is 0 Å². The van der Waals surface area contributed by atoms with Crippen molar-refractivity contribution in [2.75, 3.05) is 6.54 Å². The highest BCUT2D eigenvalue weighted by molar-refractivity contribution is 7.80. The van der Waals surface area contributed by atoms with Gasteiger partial charge in [-0.05, 0) is 35.5 Å².